The van der Waals surface area contributed by atoms with Crippen LogP contribution in [0.5, 0.6) is 11.5 Å². The van der Waals surface area contributed by atoms with Gasteiger partial charge in [0.25, 0.3) is 5.91 Å². The second-order valence-corrected chi connectivity index (χ2v) is 7.03. The van der Waals surface area contributed by atoms with E-state index < -0.39 is 0 Å². The molecular weight excluding hydrogens is 357 g/mol. The number of benzene rings is 2. The third-order valence-electron chi connectivity index (χ3n) is 4.56. The van der Waals surface area contributed by atoms with E-state index in [0.717, 1.165) is 24.8 Å². The molecule has 0 radical (unpaired) electrons. The molecule has 2 aromatic carbocycles. The molecule has 1 heterocycles. The smallest absolute Gasteiger partial charge is 0.254 e. The van der Waals surface area contributed by atoms with Crippen LogP contribution < -0.4 is 9.47 Å². The van der Waals surface area contributed by atoms with Crippen LogP contribution in [0.15, 0.2) is 36.4 Å². The second kappa shape index (κ2) is 7.16. The normalized spacial score (nSPS) is 16.1. The molecule has 26 heavy (non-hydrogen) atoms. The summed E-state index contributed by atoms with van der Waals surface area (Å²) in [6.07, 6.45) is 2.73. The van der Waals surface area contributed by atoms with Gasteiger partial charge in [-0.3, -0.25) is 4.79 Å². The molecule has 0 aromatic heterocycles. The van der Waals surface area contributed by atoms with Crippen molar-refractivity contribution in [3.8, 4) is 11.5 Å². The van der Waals surface area contributed by atoms with Crippen molar-refractivity contribution in [3.05, 3.63) is 58.4 Å². The Morgan fingerprint density at radius 2 is 1.88 bits per heavy atom. The number of rotatable bonds is 4. The summed E-state index contributed by atoms with van der Waals surface area (Å²) in [7, 11) is 0. The summed E-state index contributed by atoms with van der Waals surface area (Å²) in [5, 5.41) is 0.380. The lowest BCUT2D eigenvalue weighted by molar-refractivity contribution is 0.0729. The van der Waals surface area contributed by atoms with Gasteiger partial charge in [-0.2, -0.15) is 0 Å². The molecule has 136 valence electrons. The number of nitrogens with zero attached hydrogens (tertiary/aromatic N) is 1. The Labute approximate surface area is 156 Å². The molecule has 0 unspecified atom stereocenters. The minimum Gasteiger partial charge on any atom is -0.489 e. The Bertz CT molecular complexity index is 821. The quantitative estimate of drug-likeness (QED) is 0.792. The molecule has 4 rings (SSSR count). The third kappa shape index (κ3) is 3.63. The van der Waals surface area contributed by atoms with Crippen molar-refractivity contribution < 1.29 is 18.7 Å². The monoisotopic (exact) mass is 375 g/mol. The number of amides is 1. The zero-order chi connectivity index (χ0) is 18.1. The van der Waals surface area contributed by atoms with Gasteiger partial charge in [0.1, 0.15) is 5.82 Å². The SMILES string of the molecule is O=C(c1cc(Cl)c2c(c1)OCCCO2)N(Cc1ccc(F)cc1)C1CC1. The molecule has 2 aliphatic rings. The first-order valence-corrected chi connectivity index (χ1v) is 9.14. The standard InChI is InChI=1S/C20H19ClFNO3/c21-17-10-14(11-18-19(17)26-9-1-8-25-18)20(24)23(16-6-7-16)12-13-2-4-15(22)5-3-13/h2-5,10-11,16H,1,6-9,12H2. The Hall–Kier alpha value is -2.27. The topological polar surface area (TPSA) is 38.8 Å². The molecule has 1 fully saturated rings. The van der Waals surface area contributed by atoms with Crippen molar-refractivity contribution >= 4 is 17.5 Å². The summed E-state index contributed by atoms with van der Waals surface area (Å²) in [5.74, 6) is 0.621. The van der Waals surface area contributed by atoms with Crippen LogP contribution in [0, 0.1) is 5.82 Å². The van der Waals surface area contributed by atoms with E-state index >= 15 is 0 Å². The van der Waals surface area contributed by atoms with Crippen LogP contribution in [0.3, 0.4) is 0 Å². The van der Waals surface area contributed by atoms with Gasteiger partial charge < -0.3 is 14.4 Å². The van der Waals surface area contributed by atoms with Crippen molar-refractivity contribution in [2.75, 3.05) is 13.2 Å². The summed E-state index contributed by atoms with van der Waals surface area (Å²) < 4.78 is 24.4. The summed E-state index contributed by atoms with van der Waals surface area (Å²) in [4.78, 5) is 14.9. The lowest BCUT2D eigenvalue weighted by Gasteiger charge is -2.23. The van der Waals surface area contributed by atoms with E-state index in [1.54, 1.807) is 24.3 Å². The maximum atomic E-state index is 13.1. The first kappa shape index (κ1) is 17.2. The number of ether oxygens (including phenoxy) is 2. The van der Waals surface area contributed by atoms with Crippen molar-refractivity contribution in [2.24, 2.45) is 0 Å². The first-order valence-electron chi connectivity index (χ1n) is 8.76. The van der Waals surface area contributed by atoms with Crippen molar-refractivity contribution in [1.29, 1.82) is 0 Å². The fraction of sp³-hybridized carbons (Fsp3) is 0.350. The number of carbonyl (C=O) groups excluding carboxylic acids is 1. The highest BCUT2D eigenvalue weighted by atomic mass is 35.5. The summed E-state index contributed by atoms with van der Waals surface area (Å²) in [6.45, 7) is 1.51. The zero-order valence-corrected chi connectivity index (χ0v) is 15.0. The molecule has 0 saturated heterocycles. The van der Waals surface area contributed by atoms with Gasteiger partial charge in [0.15, 0.2) is 11.5 Å². The van der Waals surface area contributed by atoms with Crippen LogP contribution in [-0.2, 0) is 6.54 Å². The van der Waals surface area contributed by atoms with Gasteiger partial charge in [-0.1, -0.05) is 23.7 Å². The summed E-state index contributed by atoms with van der Waals surface area (Å²) in [6, 6.07) is 9.79. The minimum absolute atomic E-state index is 0.102. The number of halogens is 2. The van der Waals surface area contributed by atoms with E-state index in [-0.39, 0.29) is 17.8 Å². The Morgan fingerprint density at radius 1 is 1.15 bits per heavy atom. The van der Waals surface area contributed by atoms with Crippen LogP contribution in [0.2, 0.25) is 5.02 Å². The second-order valence-electron chi connectivity index (χ2n) is 6.63. The first-order chi connectivity index (χ1) is 12.6. The number of hydrogen-bond acceptors (Lipinski definition) is 3. The molecule has 1 aliphatic heterocycles. The van der Waals surface area contributed by atoms with Gasteiger partial charge in [0.2, 0.25) is 0 Å². The summed E-state index contributed by atoms with van der Waals surface area (Å²) >= 11 is 6.32. The third-order valence-corrected chi connectivity index (χ3v) is 4.84. The Balaban J connectivity index is 1.61. The van der Waals surface area contributed by atoms with Crippen LogP contribution in [0.1, 0.15) is 35.2 Å². The highest BCUT2D eigenvalue weighted by Crippen LogP contribution is 2.39. The van der Waals surface area contributed by atoms with Crippen molar-refractivity contribution in [2.45, 2.75) is 31.8 Å². The molecule has 0 atom stereocenters. The number of hydrogen-bond donors (Lipinski definition) is 0. The molecule has 1 saturated carbocycles. The maximum Gasteiger partial charge on any atom is 0.254 e. The van der Waals surface area contributed by atoms with Gasteiger partial charge in [-0.05, 0) is 42.7 Å². The lowest BCUT2D eigenvalue weighted by Crippen LogP contribution is -2.32. The Kier molecular flexibility index (Phi) is 4.72. The number of fused-ring (bicyclic) bond motifs is 1. The molecular formula is C20H19ClFNO3. The van der Waals surface area contributed by atoms with Crippen LogP contribution in [-0.4, -0.2) is 30.1 Å². The van der Waals surface area contributed by atoms with E-state index in [1.165, 1.54) is 12.1 Å². The van der Waals surface area contributed by atoms with Gasteiger partial charge in [0.05, 0.1) is 18.2 Å². The van der Waals surface area contributed by atoms with Gasteiger partial charge >= 0.3 is 0 Å². The molecule has 4 nitrogen and oxygen atoms in total. The van der Waals surface area contributed by atoms with Gasteiger partial charge in [-0.25, -0.2) is 4.39 Å². The largest absolute Gasteiger partial charge is 0.489 e. The lowest BCUT2D eigenvalue weighted by atomic mass is 10.1. The van der Waals surface area contributed by atoms with Crippen LogP contribution in [0.25, 0.3) is 0 Å². The zero-order valence-electron chi connectivity index (χ0n) is 14.2. The minimum atomic E-state index is -0.285. The average molecular weight is 376 g/mol. The predicted molar refractivity (Wildman–Crippen MR) is 96.4 cm³/mol. The molecule has 0 bridgehead atoms. The maximum absolute atomic E-state index is 13.1. The van der Waals surface area contributed by atoms with E-state index in [9.17, 15) is 9.18 Å². The molecule has 0 N–H and O–H groups in total. The van der Waals surface area contributed by atoms with Crippen molar-refractivity contribution in [1.82, 2.24) is 4.90 Å². The molecule has 1 amide bonds. The van der Waals surface area contributed by atoms with Crippen LogP contribution >= 0.6 is 11.6 Å². The fourth-order valence-electron chi connectivity index (χ4n) is 3.06. The fourth-order valence-corrected chi connectivity index (χ4v) is 3.32. The highest BCUT2D eigenvalue weighted by molar-refractivity contribution is 6.32. The van der Waals surface area contributed by atoms with E-state index in [1.807, 2.05) is 4.90 Å². The molecule has 1 aliphatic carbocycles. The average Bonchev–Trinajstić information content (AvgIpc) is 3.47. The molecule has 6 heteroatoms. The van der Waals surface area contributed by atoms with Crippen molar-refractivity contribution in [3.63, 3.8) is 0 Å². The number of carbonyl (C=O) groups is 1. The van der Waals surface area contributed by atoms with Gasteiger partial charge in [0, 0.05) is 24.6 Å². The van der Waals surface area contributed by atoms with Gasteiger partial charge in [-0.15, -0.1) is 0 Å². The predicted octanol–water partition coefficient (Wildman–Crippen LogP) is 4.45. The van der Waals surface area contributed by atoms with E-state index in [2.05, 4.69) is 0 Å². The summed E-state index contributed by atoms with van der Waals surface area (Å²) in [5.41, 5.74) is 1.38. The highest BCUT2D eigenvalue weighted by Gasteiger charge is 2.34. The molecule has 0 spiro atoms. The van der Waals surface area contributed by atoms with E-state index in [4.69, 9.17) is 21.1 Å². The molecule has 2 aromatic rings. The van der Waals surface area contributed by atoms with E-state index in [0.29, 0.717) is 41.8 Å². The van der Waals surface area contributed by atoms with Crippen LogP contribution in [0.4, 0.5) is 4.39 Å². The Morgan fingerprint density at radius 3 is 2.62 bits per heavy atom.